The van der Waals surface area contributed by atoms with Crippen LogP contribution in [0.1, 0.15) is 42.5 Å². The Labute approximate surface area is 120 Å². The third kappa shape index (κ3) is 1.46. The monoisotopic (exact) mass is 262 g/mol. The second-order valence-electron chi connectivity index (χ2n) is 5.94. The lowest BCUT2D eigenvalue weighted by atomic mass is 9.63. The highest BCUT2D eigenvalue weighted by molar-refractivity contribution is 5.79. The van der Waals surface area contributed by atoms with Crippen molar-refractivity contribution in [2.24, 2.45) is 0 Å². The van der Waals surface area contributed by atoms with E-state index in [1.54, 1.807) is 0 Å². The molecule has 0 aromatic heterocycles. The first-order valence-corrected chi connectivity index (χ1v) is 7.62. The maximum Gasteiger partial charge on any atom is 0.178 e. The summed E-state index contributed by atoms with van der Waals surface area (Å²) in [4.78, 5) is 0. The van der Waals surface area contributed by atoms with E-state index < -0.39 is 0 Å². The molecule has 0 fully saturated rings. The van der Waals surface area contributed by atoms with Crippen molar-refractivity contribution in [2.75, 3.05) is 6.54 Å². The second-order valence-corrected chi connectivity index (χ2v) is 5.94. The fourth-order valence-corrected chi connectivity index (χ4v) is 4.12. The van der Waals surface area contributed by atoms with Gasteiger partial charge in [-0.05, 0) is 24.5 Å². The van der Waals surface area contributed by atoms with Crippen molar-refractivity contribution in [2.45, 2.75) is 31.2 Å². The fraction of sp³-hybridized carbons (Fsp3) is 0.316. The van der Waals surface area contributed by atoms with Gasteiger partial charge in [0.2, 0.25) is 0 Å². The third-order valence-corrected chi connectivity index (χ3v) is 5.05. The summed E-state index contributed by atoms with van der Waals surface area (Å²) >= 11 is 0. The first-order chi connectivity index (χ1) is 9.85. The van der Waals surface area contributed by atoms with Crippen LogP contribution in [0.2, 0.25) is 0 Å². The van der Waals surface area contributed by atoms with Gasteiger partial charge in [-0.15, -0.1) is 0 Å². The maximum absolute atomic E-state index is 2.54. The fourth-order valence-electron chi connectivity index (χ4n) is 4.12. The molecule has 2 unspecified atom stereocenters. The predicted molar refractivity (Wildman–Crippen MR) is 82.5 cm³/mol. The van der Waals surface area contributed by atoms with Crippen LogP contribution in [-0.4, -0.2) is 17.3 Å². The average Bonchev–Trinajstić information content (AvgIpc) is 2.56. The number of fused-ring (bicyclic) bond motifs is 1. The molecule has 2 aliphatic heterocycles. The lowest BCUT2D eigenvalue weighted by molar-refractivity contribution is -0.575. The van der Waals surface area contributed by atoms with Crippen LogP contribution < -0.4 is 0 Å². The Morgan fingerprint density at radius 2 is 1.80 bits per heavy atom. The highest BCUT2D eigenvalue weighted by atomic mass is 15.1. The third-order valence-electron chi connectivity index (χ3n) is 5.05. The van der Waals surface area contributed by atoms with Crippen molar-refractivity contribution in [3.63, 3.8) is 0 Å². The maximum atomic E-state index is 2.54. The second kappa shape index (κ2) is 4.31. The van der Waals surface area contributed by atoms with E-state index in [9.17, 15) is 0 Å². The quantitative estimate of drug-likeness (QED) is 0.722. The van der Waals surface area contributed by atoms with E-state index in [0.717, 1.165) is 6.54 Å². The molecule has 100 valence electrons. The largest absolute Gasteiger partial charge is 0.232 e. The van der Waals surface area contributed by atoms with Gasteiger partial charge in [-0.2, -0.15) is 0 Å². The van der Waals surface area contributed by atoms with Crippen molar-refractivity contribution >= 4 is 6.21 Å². The van der Waals surface area contributed by atoms with Crippen LogP contribution >= 0.6 is 0 Å². The van der Waals surface area contributed by atoms with Crippen LogP contribution in [0.15, 0.2) is 54.6 Å². The average molecular weight is 262 g/mol. The van der Waals surface area contributed by atoms with Gasteiger partial charge in [0.05, 0.1) is 5.41 Å². The molecule has 1 nitrogen and oxygen atoms in total. The highest BCUT2D eigenvalue weighted by Crippen LogP contribution is 2.49. The molecule has 0 N–H and O–H groups in total. The minimum Gasteiger partial charge on any atom is -0.232 e. The van der Waals surface area contributed by atoms with Crippen molar-refractivity contribution in [3.8, 4) is 0 Å². The van der Waals surface area contributed by atoms with Crippen LogP contribution in [-0.2, 0) is 5.41 Å². The molecule has 2 bridgehead atoms. The first kappa shape index (κ1) is 11.9. The van der Waals surface area contributed by atoms with Crippen LogP contribution in [0.5, 0.6) is 0 Å². The van der Waals surface area contributed by atoms with Gasteiger partial charge in [-0.25, -0.2) is 4.58 Å². The standard InChI is InChI=1S/C19H20N/c1-2-20-14-19(15-8-4-3-5-9-15)13-12-18(20)16-10-6-7-11-17(16)19/h3-11,14,18H,2,12-13H2,1H3/q+1. The summed E-state index contributed by atoms with van der Waals surface area (Å²) in [7, 11) is 0. The lowest BCUT2D eigenvalue weighted by Gasteiger charge is -2.42. The Morgan fingerprint density at radius 3 is 2.60 bits per heavy atom. The Kier molecular flexibility index (Phi) is 2.56. The molecule has 1 aliphatic carbocycles. The van der Waals surface area contributed by atoms with Gasteiger partial charge in [-0.3, -0.25) is 0 Å². The summed E-state index contributed by atoms with van der Waals surface area (Å²) in [6.45, 7) is 3.35. The van der Waals surface area contributed by atoms with E-state index in [-0.39, 0.29) is 5.41 Å². The van der Waals surface area contributed by atoms with Crippen molar-refractivity contribution in [1.82, 2.24) is 0 Å². The smallest absolute Gasteiger partial charge is 0.178 e. The van der Waals surface area contributed by atoms with Crippen LogP contribution in [0.3, 0.4) is 0 Å². The van der Waals surface area contributed by atoms with Crippen molar-refractivity contribution in [3.05, 3.63) is 71.3 Å². The Morgan fingerprint density at radius 1 is 1.05 bits per heavy atom. The molecular weight excluding hydrogens is 242 g/mol. The summed E-state index contributed by atoms with van der Waals surface area (Å²) in [5.74, 6) is 0. The summed E-state index contributed by atoms with van der Waals surface area (Å²) in [6, 6.07) is 20.6. The van der Waals surface area contributed by atoms with Gasteiger partial charge in [0.15, 0.2) is 12.3 Å². The molecule has 0 radical (unpaired) electrons. The molecule has 20 heavy (non-hydrogen) atoms. The van der Waals surface area contributed by atoms with Crippen molar-refractivity contribution in [1.29, 1.82) is 0 Å². The summed E-state index contributed by atoms with van der Waals surface area (Å²) < 4.78 is 2.54. The Hall–Kier alpha value is -1.89. The van der Waals surface area contributed by atoms with Gasteiger partial charge < -0.3 is 0 Å². The number of hydrogen-bond donors (Lipinski definition) is 0. The summed E-state index contributed by atoms with van der Waals surface area (Å²) in [5, 5.41) is 0. The van der Waals surface area contributed by atoms with Crippen LogP contribution in [0.25, 0.3) is 0 Å². The summed E-state index contributed by atoms with van der Waals surface area (Å²) in [6.07, 6.45) is 4.99. The molecule has 1 heteroatoms. The molecule has 0 saturated carbocycles. The molecule has 2 atom stereocenters. The normalized spacial score (nSPS) is 27.1. The number of hydrogen-bond acceptors (Lipinski definition) is 0. The van der Waals surface area contributed by atoms with Gasteiger partial charge >= 0.3 is 0 Å². The molecule has 2 aromatic rings. The van der Waals surface area contributed by atoms with E-state index in [1.165, 1.54) is 29.5 Å². The number of nitrogens with zero attached hydrogens (tertiary/aromatic N) is 1. The van der Waals surface area contributed by atoms with E-state index in [1.807, 2.05) is 0 Å². The zero-order valence-corrected chi connectivity index (χ0v) is 11.9. The predicted octanol–water partition coefficient (Wildman–Crippen LogP) is 3.92. The van der Waals surface area contributed by atoms with Crippen LogP contribution in [0.4, 0.5) is 0 Å². The van der Waals surface area contributed by atoms with E-state index in [2.05, 4.69) is 72.3 Å². The van der Waals surface area contributed by atoms with Crippen molar-refractivity contribution < 1.29 is 4.58 Å². The molecule has 2 heterocycles. The van der Waals surface area contributed by atoms with E-state index in [0.29, 0.717) is 6.04 Å². The molecule has 5 rings (SSSR count). The Bertz CT molecular complexity index is 671. The zero-order chi connectivity index (χ0) is 13.6. The molecule has 0 saturated heterocycles. The van der Waals surface area contributed by atoms with E-state index in [4.69, 9.17) is 0 Å². The van der Waals surface area contributed by atoms with Gasteiger partial charge in [0, 0.05) is 12.0 Å². The molecule has 3 aliphatic rings. The molecule has 2 aromatic carbocycles. The zero-order valence-electron chi connectivity index (χ0n) is 11.9. The first-order valence-electron chi connectivity index (χ1n) is 7.62. The van der Waals surface area contributed by atoms with Crippen LogP contribution in [0, 0.1) is 0 Å². The number of benzene rings is 2. The molecule has 0 spiro atoms. The summed E-state index contributed by atoms with van der Waals surface area (Å²) in [5.41, 5.74) is 4.57. The van der Waals surface area contributed by atoms with Gasteiger partial charge in [-0.1, -0.05) is 54.6 Å². The SMILES string of the molecule is CC[N+]1=CC2(c3ccccc3)CCC1c1ccccc12. The van der Waals surface area contributed by atoms with E-state index >= 15 is 0 Å². The highest BCUT2D eigenvalue weighted by Gasteiger charge is 2.49. The minimum absolute atomic E-state index is 0.0859. The molecule has 0 amide bonds. The Balaban J connectivity index is 2.01. The number of rotatable bonds is 2. The van der Waals surface area contributed by atoms with Gasteiger partial charge in [0.25, 0.3) is 0 Å². The van der Waals surface area contributed by atoms with Gasteiger partial charge in [0.1, 0.15) is 6.54 Å². The lowest BCUT2D eigenvalue weighted by Crippen LogP contribution is -2.46. The topological polar surface area (TPSA) is 3.01 Å². The minimum atomic E-state index is 0.0859. The molecular formula is C19H20N+.